The molecule has 1 aliphatic carbocycles. The van der Waals surface area contributed by atoms with E-state index in [-0.39, 0.29) is 30.7 Å². The molecular formula is C26H25F3N6O2. The van der Waals surface area contributed by atoms with Gasteiger partial charge in [-0.15, -0.1) is 10.2 Å². The number of piperazine rings is 1. The number of hydrogen-bond acceptors (Lipinski definition) is 5. The number of benzene rings is 2. The van der Waals surface area contributed by atoms with Crippen molar-refractivity contribution in [2.75, 3.05) is 36.4 Å². The molecule has 5 rings (SSSR count). The molecule has 0 radical (unpaired) electrons. The van der Waals surface area contributed by atoms with Crippen LogP contribution in [0.5, 0.6) is 0 Å². The van der Waals surface area contributed by atoms with Crippen LogP contribution >= 0.6 is 0 Å². The predicted octanol–water partition coefficient (Wildman–Crippen LogP) is 4.14. The summed E-state index contributed by atoms with van der Waals surface area (Å²) in [7, 11) is 0. The van der Waals surface area contributed by atoms with Crippen LogP contribution in [0.2, 0.25) is 0 Å². The van der Waals surface area contributed by atoms with Crippen LogP contribution in [0.1, 0.15) is 33.8 Å². The van der Waals surface area contributed by atoms with Crippen molar-refractivity contribution in [2.24, 2.45) is 0 Å². The lowest BCUT2D eigenvalue weighted by molar-refractivity contribution is -0.138. The van der Waals surface area contributed by atoms with E-state index >= 15 is 0 Å². The topological polar surface area (TPSA) is 90.5 Å². The van der Waals surface area contributed by atoms with Crippen molar-refractivity contribution in [3.8, 4) is 0 Å². The van der Waals surface area contributed by atoms with Crippen molar-refractivity contribution < 1.29 is 22.8 Å². The van der Waals surface area contributed by atoms with Crippen LogP contribution in [0.25, 0.3) is 0 Å². The second kappa shape index (κ2) is 10.1. The van der Waals surface area contributed by atoms with Crippen molar-refractivity contribution in [3.63, 3.8) is 0 Å². The van der Waals surface area contributed by atoms with Gasteiger partial charge in [0.2, 0.25) is 0 Å². The third kappa shape index (κ3) is 5.65. The monoisotopic (exact) mass is 510 g/mol. The number of alkyl halides is 3. The Kier molecular flexibility index (Phi) is 6.68. The summed E-state index contributed by atoms with van der Waals surface area (Å²) in [5.74, 6) is 0.526. The highest BCUT2D eigenvalue weighted by Crippen LogP contribution is 2.40. The largest absolute Gasteiger partial charge is 0.417 e. The summed E-state index contributed by atoms with van der Waals surface area (Å²) in [6.45, 7) is 1.28. The minimum Gasteiger partial charge on any atom is -0.352 e. The lowest BCUT2D eigenvalue weighted by Crippen LogP contribution is -2.49. The second-order valence-electron chi connectivity index (χ2n) is 9.06. The van der Waals surface area contributed by atoms with Crippen LogP contribution in [-0.2, 0) is 6.18 Å². The molecule has 2 atom stereocenters. The standard InChI is InChI=1S/C26H25F3N6O2/c27-26(28,29)20-9-5-4-8-18(20)24(36)35-14-12-34(13-15-35)23-11-10-22(32-33-23)31-25(37)30-21-16-19(21)17-6-2-1-3-7-17/h1-11,19,21H,12-16H2,(H2,30,31,32,37). The van der Waals surface area contributed by atoms with Gasteiger partial charge in [-0.05, 0) is 36.2 Å². The van der Waals surface area contributed by atoms with Gasteiger partial charge in [-0.3, -0.25) is 10.1 Å². The average molecular weight is 511 g/mol. The van der Waals surface area contributed by atoms with Crippen molar-refractivity contribution in [1.82, 2.24) is 20.4 Å². The first-order chi connectivity index (χ1) is 17.8. The maximum absolute atomic E-state index is 13.3. The summed E-state index contributed by atoms with van der Waals surface area (Å²) in [5.41, 5.74) is -0.0840. The summed E-state index contributed by atoms with van der Waals surface area (Å²) in [4.78, 5) is 28.4. The number of anilines is 2. The van der Waals surface area contributed by atoms with Crippen molar-refractivity contribution in [3.05, 3.63) is 83.4 Å². The van der Waals surface area contributed by atoms with E-state index in [1.54, 1.807) is 12.1 Å². The van der Waals surface area contributed by atoms with Gasteiger partial charge in [0, 0.05) is 38.1 Å². The molecule has 1 saturated carbocycles. The number of carbonyl (C=O) groups is 2. The highest BCUT2D eigenvalue weighted by atomic mass is 19.4. The Labute approximate surface area is 211 Å². The number of aromatic nitrogens is 2. The second-order valence-corrected chi connectivity index (χ2v) is 9.06. The zero-order valence-electron chi connectivity index (χ0n) is 19.8. The maximum atomic E-state index is 13.3. The van der Waals surface area contributed by atoms with Gasteiger partial charge in [0.1, 0.15) is 0 Å². The Balaban J connectivity index is 1.12. The van der Waals surface area contributed by atoms with Gasteiger partial charge in [0.15, 0.2) is 11.6 Å². The molecule has 3 aromatic rings. The van der Waals surface area contributed by atoms with E-state index in [4.69, 9.17) is 0 Å². The lowest BCUT2D eigenvalue weighted by atomic mass is 10.1. The van der Waals surface area contributed by atoms with Crippen LogP contribution in [0.15, 0.2) is 66.7 Å². The highest BCUT2D eigenvalue weighted by molar-refractivity contribution is 5.96. The smallest absolute Gasteiger partial charge is 0.352 e. The van der Waals surface area contributed by atoms with E-state index in [0.717, 1.165) is 12.5 Å². The Morgan fingerprint density at radius 2 is 1.57 bits per heavy atom. The van der Waals surface area contributed by atoms with Crippen LogP contribution in [0.3, 0.4) is 0 Å². The molecule has 2 unspecified atom stereocenters. The average Bonchev–Trinajstić information content (AvgIpc) is 3.67. The van der Waals surface area contributed by atoms with E-state index in [2.05, 4.69) is 20.8 Å². The third-order valence-electron chi connectivity index (χ3n) is 6.58. The molecule has 1 aliphatic heterocycles. The number of amides is 3. The molecule has 11 heteroatoms. The predicted molar refractivity (Wildman–Crippen MR) is 131 cm³/mol. The fourth-order valence-electron chi connectivity index (χ4n) is 4.53. The molecule has 2 heterocycles. The molecular weight excluding hydrogens is 485 g/mol. The number of carbonyl (C=O) groups excluding carboxylic acids is 2. The number of urea groups is 1. The molecule has 2 aromatic carbocycles. The summed E-state index contributed by atoms with van der Waals surface area (Å²) < 4.78 is 39.9. The summed E-state index contributed by atoms with van der Waals surface area (Å²) in [6, 6.07) is 17.9. The fraction of sp³-hybridized carbons (Fsp3) is 0.308. The first-order valence-electron chi connectivity index (χ1n) is 12.0. The number of nitrogens with zero attached hydrogens (tertiary/aromatic N) is 4. The van der Waals surface area contributed by atoms with Crippen LogP contribution in [-0.4, -0.2) is 59.3 Å². The molecule has 0 bridgehead atoms. The van der Waals surface area contributed by atoms with E-state index in [9.17, 15) is 22.8 Å². The number of hydrogen-bond donors (Lipinski definition) is 2. The van der Waals surface area contributed by atoms with Crippen LogP contribution in [0.4, 0.5) is 29.6 Å². The Morgan fingerprint density at radius 1 is 0.865 bits per heavy atom. The van der Waals surface area contributed by atoms with Crippen LogP contribution in [0, 0.1) is 0 Å². The summed E-state index contributed by atoms with van der Waals surface area (Å²) >= 11 is 0. The van der Waals surface area contributed by atoms with Crippen molar-refractivity contribution in [2.45, 2.75) is 24.6 Å². The van der Waals surface area contributed by atoms with Gasteiger partial charge in [0.05, 0.1) is 11.1 Å². The SMILES string of the molecule is O=C(Nc1ccc(N2CCN(C(=O)c3ccccc3C(F)(F)F)CC2)nn1)NC1CC1c1ccccc1. The summed E-state index contributed by atoms with van der Waals surface area (Å²) in [5, 5.41) is 13.9. The van der Waals surface area contributed by atoms with E-state index in [1.807, 2.05) is 35.2 Å². The first kappa shape index (κ1) is 24.5. The molecule has 8 nitrogen and oxygen atoms in total. The zero-order chi connectivity index (χ0) is 26.0. The number of rotatable bonds is 5. The third-order valence-corrected chi connectivity index (χ3v) is 6.58. The van der Waals surface area contributed by atoms with E-state index < -0.39 is 17.6 Å². The van der Waals surface area contributed by atoms with E-state index in [0.29, 0.717) is 30.6 Å². The number of nitrogens with one attached hydrogen (secondary N) is 2. The highest BCUT2D eigenvalue weighted by Gasteiger charge is 2.39. The van der Waals surface area contributed by atoms with Gasteiger partial charge in [-0.2, -0.15) is 13.2 Å². The molecule has 2 N–H and O–H groups in total. The molecule has 1 saturated heterocycles. The Hall–Kier alpha value is -4.15. The fourth-order valence-corrected chi connectivity index (χ4v) is 4.53. The molecule has 192 valence electrons. The first-order valence-corrected chi connectivity index (χ1v) is 12.0. The molecule has 0 spiro atoms. The van der Waals surface area contributed by atoms with Crippen LogP contribution < -0.4 is 15.5 Å². The molecule has 1 aromatic heterocycles. The lowest BCUT2D eigenvalue weighted by Gasteiger charge is -2.35. The summed E-state index contributed by atoms with van der Waals surface area (Å²) in [6.07, 6.45) is -3.71. The van der Waals surface area contributed by atoms with Gasteiger partial charge >= 0.3 is 12.2 Å². The maximum Gasteiger partial charge on any atom is 0.417 e. The zero-order valence-corrected chi connectivity index (χ0v) is 19.8. The van der Waals surface area contributed by atoms with Crippen molar-refractivity contribution >= 4 is 23.6 Å². The Bertz CT molecular complexity index is 1260. The molecule has 2 fully saturated rings. The van der Waals surface area contributed by atoms with Gasteiger partial charge in [-0.25, -0.2) is 4.79 Å². The van der Waals surface area contributed by atoms with Crippen molar-refractivity contribution in [1.29, 1.82) is 0 Å². The quantitative estimate of drug-likeness (QED) is 0.539. The molecule has 3 amide bonds. The Morgan fingerprint density at radius 3 is 2.24 bits per heavy atom. The normalized spacial score (nSPS) is 19.3. The number of halogens is 3. The van der Waals surface area contributed by atoms with Gasteiger partial charge in [0.25, 0.3) is 5.91 Å². The van der Waals surface area contributed by atoms with E-state index in [1.165, 1.54) is 28.7 Å². The molecule has 37 heavy (non-hydrogen) atoms. The molecule has 2 aliphatic rings. The minimum absolute atomic E-state index is 0.0803. The van der Waals surface area contributed by atoms with Gasteiger partial charge in [-0.1, -0.05) is 42.5 Å². The van der Waals surface area contributed by atoms with Gasteiger partial charge < -0.3 is 15.1 Å². The minimum atomic E-state index is -4.60.